The van der Waals surface area contributed by atoms with E-state index in [2.05, 4.69) is 10.3 Å². The lowest BCUT2D eigenvalue weighted by molar-refractivity contribution is 0.0951. The molecule has 0 aliphatic heterocycles. The van der Waals surface area contributed by atoms with Crippen LogP contribution in [0.3, 0.4) is 0 Å². The smallest absolute Gasteiger partial charge is 0.255 e. The summed E-state index contributed by atoms with van der Waals surface area (Å²) >= 11 is 5.98. The Balaban J connectivity index is 1.67. The lowest BCUT2D eigenvalue weighted by Gasteiger charge is -2.12. The number of ether oxygens (including phenoxy) is 3. The molecular weight excluding hydrogens is 392 g/mol. The largest absolute Gasteiger partial charge is 0.493 e. The molecule has 0 saturated carbocycles. The summed E-state index contributed by atoms with van der Waals surface area (Å²) in [6.45, 7) is 0.430. The quantitative estimate of drug-likeness (QED) is 0.551. The molecule has 0 aliphatic rings. The van der Waals surface area contributed by atoms with E-state index in [9.17, 15) is 4.79 Å². The molecule has 150 valence electrons. The van der Waals surface area contributed by atoms with Crippen LogP contribution in [-0.2, 0) is 6.42 Å². The number of benzene rings is 2. The number of nitrogens with one attached hydrogen (secondary N) is 1. The Kier molecular flexibility index (Phi) is 6.92. The molecule has 0 radical (unpaired) electrons. The van der Waals surface area contributed by atoms with Gasteiger partial charge in [0.05, 0.1) is 26.0 Å². The third-order valence-corrected chi connectivity index (χ3v) is 4.40. The zero-order chi connectivity index (χ0) is 20.6. The highest BCUT2D eigenvalue weighted by Crippen LogP contribution is 2.28. The minimum absolute atomic E-state index is 0.218. The number of methoxy groups -OCH3 is 2. The van der Waals surface area contributed by atoms with Crippen LogP contribution in [0.2, 0.25) is 5.15 Å². The Hall–Kier alpha value is -3.25. The van der Waals surface area contributed by atoms with E-state index in [1.807, 2.05) is 36.4 Å². The number of aromatic nitrogens is 1. The zero-order valence-electron chi connectivity index (χ0n) is 16.1. The molecule has 0 bridgehead atoms. The average molecular weight is 413 g/mol. The first-order valence-electron chi connectivity index (χ1n) is 8.98. The fourth-order valence-corrected chi connectivity index (χ4v) is 2.90. The van der Waals surface area contributed by atoms with Gasteiger partial charge in [-0.3, -0.25) is 4.79 Å². The van der Waals surface area contributed by atoms with Gasteiger partial charge in [0.2, 0.25) is 0 Å². The van der Waals surface area contributed by atoms with Crippen molar-refractivity contribution in [2.24, 2.45) is 0 Å². The highest BCUT2D eigenvalue weighted by molar-refractivity contribution is 6.29. The summed E-state index contributed by atoms with van der Waals surface area (Å²) in [6, 6.07) is 16.3. The molecule has 0 aliphatic carbocycles. The van der Waals surface area contributed by atoms with Crippen molar-refractivity contribution in [1.29, 1.82) is 0 Å². The topological polar surface area (TPSA) is 69.7 Å². The van der Waals surface area contributed by atoms with Crippen LogP contribution >= 0.6 is 11.6 Å². The molecule has 2 aromatic carbocycles. The van der Waals surface area contributed by atoms with Crippen molar-refractivity contribution >= 4 is 17.5 Å². The predicted octanol–water partition coefficient (Wildman–Crippen LogP) is 4.52. The summed E-state index contributed by atoms with van der Waals surface area (Å²) in [7, 11) is 3.18. The first-order chi connectivity index (χ1) is 14.1. The SMILES string of the molecule is COc1ccc(CCNC(=O)c2cc(Cl)ncc2Oc2ccccc2)cc1OC. The number of pyridine rings is 1. The number of halogens is 1. The molecule has 0 fully saturated rings. The molecule has 1 amide bonds. The fraction of sp³-hybridized carbons (Fsp3) is 0.182. The average Bonchev–Trinajstić information content (AvgIpc) is 2.75. The maximum atomic E-state index is 12.7. The summed E-state index contributed by atoms with van der Waals surface area (Å²) in [4.78, 5) is 16.7. The van der Waals surface area contributed by atoms with Gasteiger partial charge in [0.25, 0.3) is 5.91 Å². The molecule has 3 rings (SSSR count). The number of carbonyl (C=O) groups is 1. The Morgan fingerprint density at radius 3 is 2.48 bits per heavy atom. The molecule has 0 atom stereocenters. The second-order valence-corrected chi connectivity index (χ2v) is 6.50. The number of amides is 1. The third kappa shape index (κ3) is 5.39. The molecule has 0 saturated heterocycles. The standard InChI is InChI=1S/C22H21ClN2O4/c1-27-18-9-8-15(12-19(18)28-2)10-11-24-22(26)17-13-21(23)25-14-20(17)29-16-6-4-3-5-7-16/h3-9,12-14H,10-11H2,1-2H3,(H,24,26). The van der Waals surface area contributed by atoms with Crippen LogP contribution in [0, 0.1) is 0 Å². The van der Waals surface area contributed by atoms with Crippen molar-refractivity contribution < 1.29 is 19.0 Å². The van der Waals surface area contributed by atoms with Crippen LogP contribution in [0.5, 0.6) is 23.0 Å². The van der Waals surface area contributed by atoms with Crippen molar-refractivity contribution in [1.82, 2.24) is 10.3 Å². The van der Waals surface area contributed by atoms with Crippen LogP contribution in [0.25, 0.3) is 0 Å². The molecule has 3 aromatic rings. The molecule has 0 spiro atoms. The van der Waals surface area contributed by atoms with E-state index in [1.54, 1.807) is 26.4 Å². The summed E-state index contributed by atoms with van der Waals surface area (Å²) in [5.41, 5.74) is 1.33. The molecule has 0 unspecified atom stereocenters. The minimum Gasteiger partial charge on any atom is -0.493 e. The molecule has 1 heterocycles. The van der Waals surface area contributed by atoms with E-state index < -0.39 is 0 Å². The Bertz CT molecular complexity index is 980. The van der Waals surface area contributed by atoms with E-state index in [0.29, 0.717) is 41.5 Å². The lowest BCUT2D eigenvalue weighted by Crippen LogP contribution is -2.26. The van der Waals surface area contributed by atoms with Crippen LogP contribution in [0.1, 0.15) is 15.9 Å². The van der Waals surface area contributed by atoms with Gasteiger partial charge in [-0.15, -0.1) is 0 Å². The van der Waals surface area contributed by atoms with Gasteiger partial charge in [0.15, 0.2) is 17.2 Å². The van der Waals surface area contributed by atoms with Gasteiger partial charge in [-0.2, -0.15) is 0 Å². The van der Waals surface area contributed by atoms with Gasteiger partial charge in [0, 0.05) is 6.54 Å². The van der Waals surface area contributed by atoms with E-state index in [-0.39, 0.29) is 11.1 Å². The third-order valence-electron chi connectivity index (χ3n) is 4.20. The number of hydrogen-bond acceptors (Lipinski definition) is 5. The molecule has 7 heteroatoms. The highest BCUT2D eigenvalue weighted by atomic mass is 35.5. The molecule has 6 nitrogen and oxygen atoms in total. The van der Waals surface area contributed by atoms with Crippen molar-refractivity contribution in [2.75, 3.05) is 20.8 Å². The van der Waals surface area contributed by atoms with Gasteiger partial charge in [-0.1, -0.05) is 35.9 Å². The first kappa shape index (κ1) is 20.5. The van der Waals surface area contributed by atoms with Crippen molar-refractivity contribution in [3.8, 4) is 23.0 Å². The first-order valence-corrected chi connectivity index (χ1v) is 9.36. The van der Waals surface area contributed by atoms with Gasteiger partial charge >= 0.3 is 0 Å². The van der Waals surface area contributed by atoms with E-state index in [0.717, 1.165) is 5.56 Å². The van der Waals surface area contributed by atoms with E-state index >= 15 is 0 Å². The number of carbonyl (C=O) groups excluding carboxylic acids is 1. The highest BCUT2D eigenvalue weighted by Gasteiger charge is 2.15. The monoisotopic (exact) mass is 412 g/mol. The normalized spacial score (nSPS) is 10.3. The Labute approximate surface area is 174 Å². The second kappa shape index (κ2) is 9.80. The molecular formula is C22H21ClN2O4. The maximum Gasteiger partial charge on any atom is 0.255 e. The van der Waals surface area contributed by atoms with Crippen LogP contribution in [0.15, 0.2) is 60.8 Å². The number of nitrogens with zero attached hydrogens (tertiary/aromatic N) is 1. The van der Waals surface area contributed by atoms with Crippen LogP contribution < -0.4 is 19.5 Å². The number of rotatable bonds is 8. The van der Waals surface area contributed by atoms with Crippen molar-refractivity contribution in [3.63, 3.8) is 0 Å². The van der Waals surface area contributed by atoms with Crippen molar-refractivity contribution in [2.45, 2.75) is 6.42 Å². The molecule has 1 N–H and O–H groups in total. The van der Waals surface area contributed by atoms with Gasteiger partial charge < -0.3 is 19.5 Å². The Morgan fingerprint density at radius 1 is 1.00 bits per heavy atom. The van der Waals surface area contributed by atoms with E-state index in [4.69, 9.17) is 25.8 Å². The summed E-state index contributed by atoms with van der Waals surface area (Å²) in [5, 5.41) is 3.11. The second-order valence-electron chi connectivity index (χ2n) is 6.11. The number of hydrogen-bond donors (Lipinski definition) is 1. The van der Waals surface area contributed by atoms with E-state index in [1.165, 1.54) is 12.3 Å². The summed E-state index contributed by atoms with van der Waals surface area (Å²) in [5.74, 6) is 1.96. The molecule has 1 aromatic heterocycles. The zero-order valence-corrected chi connectivity index (χ0v) is 16.9. The summed E-state index contributed by atoms with van der Waals surface area (Å²) in [6.07, 6.45) is 2.07. The number of para-hydroxylation sites is 1. The van der Waals surface area contributed by atoms with Crippen LogP contribution in [0.4, 0.5) is 0 Å². The predicted molar refractivity (Wildman–Crippen MR) is 111 cm³/mol. The van der Waals surface area contributed by atoms with Gasteiger partial charge in [0.1, 0.15) is 10.9 Å². The van der Waals surface area contributed by atoms with Gasteiger partial charge in [-0.25, -0.2) is 4.98 Å². The summed E-state index contributed by atoms with van der Waals surface area (Å²) < 4.78 is 16.3. The van der Waals surface area contributed by atoms with Crippen molar-refractivity contribution in [3.05, 3.63) is 77.1 Å². The van der Waals surface area contributed by atoms with Crippen LogP contribution in [-0.4, -0.2) is 31.7 Å². The minimum atomic E-state index is -0.291. The molecule has 29 heavy (non-hydrogen) atoms. The van der Waals surface area contributed by atoms with Gasteiger partial charge in [-0.05, 0) is 42.3 Å². The lowest BCUT2D eigenvalue weighted by atomic mass is 10.1. The fourth-order valence-electron chi connectivity index (χ4n) is 2.74. The Morgan fingerprint density at radius 2 is 1.76 bits per heavy atom. The maximum absolute atomic E-state index is 12.7.